The lowest BCUT2D eigenvalue weighted by atomic mass is 10.0. The Bertz CT molecular complexity index is 531. The van der Waals surface area contributed by atoms with Crippen LogP contribution >= 0.6 is 11.8 Å². The highest BCUT2D eigenvalue weighted by Gasteiger charge is 2.02. The molecule has 100 valence electrons. The van der Waals surface area contributed by atoms with Gasteiger partial charge in [-0.25, -0.2) is 0 Å². The molecule has 0 fully saturated rings. The van der Waals surface area contributed by atoms with Crippen LogP contribution in [0.3, 0.4) is 0 Å². The van der Waals surface area contributed by atoms with Crippen LogP contribution in [0.4, 0.5) is 0 Å². The number of ether oxygens (including phenoxy) is 1. The van der Waals surface area contributed by atoms with Crippen molar-refractivity contribution in [3.8, 4) is 11.5 Å². The molecule has 2 aromatic carbocycles. The first kappa shape index (κ1) is 14.0. The van der Waals surface area contributed by atoms with E-state index >= 15 is 0 Å². The number of aryl methyl sites for hydroxylation is 2. The largest absolute Gasteiger partial charge is 0.457 e. The molecule has 2 rings (SSSR count). The predicted molar refractivity (Wildman–Crippen MR) is 83.5 cm³/mol. The molecule has 0 aromatic heterocycles. The molecule has 2 aromatic rings. The molecule has 0 unspecified atom stereocenters. The molecule has 2 heteroatoms. The van der Waals surface area contributed by atoms with Crippen molar-refractivity contribution in [1.29, 1.82) is 0 Å². The molecule has 0 heterocycles. The number of thioether (sulfide) groups is 1. The summed E-state index contributed by atoms with van der Waals surface area (Å²) in [6.45, 7) is 4.36. The summed E-state index contributed by atoms with van der Waals surface area (Å²) >= 11 is 1.74. The molecule has 0 atom stereocenters. The summed E-state index contributed by atoms with van der Waals surface area (Å²) in [5.74, 6) is 1.81. The Hall–Kier alpha value is -1.41. The third-order valence-electron chi connectivity index (χ3n) is 3.14. The smallest absolute Gasteiger partial charge is 0.127 e. The first-order chi connectivity index (χ1) is 9.22. The van der Waals surface area contributed by atoms with E-state index in [9.17, 15) is 0 Å². The lowest BCUT2D eigenvalue weighted by Crippen LogP contribution is -1.91. The SMILES string of the molecule is CCCc1cc(Oc2ccc(SC)cc2)ccc1C. The average Bonchev–Trinajstić information content (AvgIpc) is 2.44. The molecule has 0 spiro atoms. The highest BCUT2D eigenvalue weighted by Crippen LogP contribution is 2.26. The van der Waals surface area contributed by atoms with Gasteiger partial charge in [0, 0.05) is 4.90 Å². The van der Waals surface area contributed by atoms with E-state index < -0.39 is 0 Å². The van der Waals surface area contributed by atoms with Crippen molar-refractivity contribution >= 4 is 11.8 Å². The zero-order valence-electron chi connectivity index (χ0n) is 11.8. The molecule has 1 nitrogen and oxygen atoms in total. The highest BCUT2D eigenvalue weighted by atomic mass is 32.2. The topological polar surface area (TPSA) is 9.23 Å². The molecule has 0 aliphatic heterocycles. The Morgan fingerprint density at radius 3 is 2.32 bits per heavy atom. The van der Waals surface area contributed by atoms with Crippen LogP contribution in [0.2, 0.25) is 0 Å². The van der Waals surface area contributed by atoms with Crippen LogP contribution in [-0.2, 0) is 6.42 Å². The Balaban J connectivity index is 2.15. The molecule has 0 amide bonds. The maximum atomic E-state index is 5.91. The number of benzene rings is 2. The van der Waals surface area contributed by atoms with E-state index in [0.29, 0.717) is 0 Å². The third kappa shape index (κ3) is 3.77. The van der Waals surface area contributed by atoms with Gasteiger partial charge >= 0.3 is 0 Å². The van der Waals surface area contributed by atoms with Crippen molar-refractivity contribution < 1.29 is 4.74 Å². The van der Waals surface area contributed by atoms with E-state index in [1.54, 1.807) is 11.8 Å². The van der Waals surface area contributed by atoms with Gasteiger partial charge in [0.1, 0.15) is 11.5 Å². The Morgan fingerprint density at radius 2 is 1.68 bits per heavy atom. The number of hydrogen-bond donors (Lipinski definition) is 0. The molecule has 0 N–H and O–H groups in total. The number of hydrogen-bond acceptors (Lipinski definition) is 2. The maximum Gasteiger partial charge on any atom is 0.127 e. The second kappa shape index (κ2) is 6.67. The molecule has 0 saturated heterocycles. The van der Waals surface area contributed by atoms with Gasteiger partial charge in [-0.05, 0) is 67.1 Å². The summed E-state index contributed by atoms with van der Waals surface area (Å²) < 4.78 is 5.91. The molecule has 0 bridgehead atoms. The summed E-state index contributed by atoms with van der Waals surface area (Å²) in [5, 5.41) is 0. The van der Waals surface area contributed by atoms with Crippen molar-refractivity contribution in [2.24, 2.45) is 0 Å². The van der Waals surface area contributed by atoms with E-state index in [1.807, 2.05) is 18.2 Å². The maximum absolute atomic E-state index is 5.91. The standard InChI is InChI=1S/C17H20OS/c1-4-5-14-12-16(7-6-13(14)2)18-15-8-10-17(19-3)11-9-15/h6-12H,4-5H2,1-3H3. The van der Waals surface area contributed by atoms with Crippen LogP contribution in [-0.4, -0.2) is 6.26 Å². The second-order valence-corrected chi connectivity index (χ2v) is 5.50. The van der Waals surface area contributed by atoms with Crippen LogP contribution in [0.1, 0.15) is 24.5 Å². The molecule has 0 radical (unpaired) electrons. The van der Waals surface area contributed by atoms with Crippen molar-refractivity contribution in [3.05, 3.63) is 53.6 Å². The summed E-state index contributed by atoms with van der Waals surface area (Å²) in [4.78, 5) is 1.25. The van der Waals surface area contributed by atoms with Crippen molar-refractivity contribution in [2.75, 3.05) is 6.26 Å². The van der Waals surface area contributed by atoms with Gasteiger partial charge < -0.3 is 4.74 Å². The fraction of sp³-hybridized carbons (Fsp3) is 0.294. The highest BCUT2D eigenvalue weighted by molar-refractivity contribution is 7.98. The summed E-state index contributed by atoms with van der Waals surface area (Å²) in [5.41, 5.74) is 2.72. The van der Waals surface area contributed by atoms with E-state index in [-0.39, 0.29) is 0 Å². The van der Waals surface area contributed by atoms with Crippen molar-refractivity contribution in [2.45, 2.75) is 31.6 Å². The van der Waals surface area contributed by atoms with E-state index in [0.717, 1.165) is 24.3 Å². The minimum absolute atomic E-state index is 0.893. The van der Waals surface area contributed by atoms with Crippen LogP contribution in [0.25, 0.3) is 0 Å². The molecular formula is C17H20OS. The number of rotatable bonds is 5. The minimum Gasteiger partial charge on any atom is -0.457 e. The van der Waals surface area contributed by atoms with Gasteiger partial charge in [-0.2, -0.15) is 0 Å². The normalized spacial score (nSPS) is 10.5. The van der Waals surface area contributed by atoms with Gasteiger partial charge in [-0.3, -0.25) is 0 Å². The third-order valence-corrected chi connectivity index (χ3v) is 3.88. The Labute approximate surface area is 120 Å². The summed E-state index contributed by atoms with van der Waals surface area (Å²) in [6.07, 6.45) is 4.34. The predicted octanol–water partition coefficient (Wildman–Crippen LogP) is 5.46. The first-order valence-corrected chi connectivity index (χ1v) is 7.87. The summed E-state index contributed by atoms with van der Waals surface area (Å²) in [7, 11) is 0. The zero-order valence-corrected chi connectivity index (χ0v) is 12.6. The van der Waals surface area contributed by atoms with Gasteiger partial charge in [0.2, 0.25) is 0 Å². The molecular weight excluding hydrogens is 252 g/mol. The van der Waals surface area contributed by atoms with E-state index in [4.69, 9.17) is 4.74 Å². The van der Waals surface area contributed by atoms with Crippen LogP contribution < -0.4 is 4.74 Å². The van der Waals surface area contributed by atoms with Gasteiger partial charge in [0.15, 0.2) is 0 Å². The second-order valence-electron chi connectivity index (χ2n) is 4.62. The molecule has 0 aliphatic carbocycles. The van der Waals surface area contributed by atoms with E-state index in [1.165, 1.54) is 16.0 Å². The monoisotopic (exact) mass is 272 g/mol. The lowest BCUT2D eigenvalue weighted by Gasteiger charge is -2.10. The van der Waals surface area contributed by atoms with Crippen LogP contribution in [0, 0.1) is 6.92 Å². The zero-order chi connectivity index (χ0) is 13.7. The minimum atomic E-state index is 0.893. The van der Waals surface area contributed by atoms with E-state index in [2.05, 4.69) is 44.4 Å². The van der Waals surface area contributed by atoms with Crippen molar-refractivity contribution in [1.82, 2.24) is 0 Å². The fourth-order valence-electron chi connectivity index (χ4n) is 2.03. The van der Waals surface area contributed by atoms with Gasteiger partial charge in [-0.15, -0.1) is 11.8 Å². The quantitative estimate of drug-likeness (QED) is 0.668. The lowest BCUT2D eigenvalue weighted by molar-refractivity contribution is 0.481. The van der Waals surface area contributed by atoms with Gasteiger partial charge in [-0.1, -0.05) is 19.4 Å². The molecule has 0 aliphatic rings. The molecule has 0 saturated carbocycles. The summed E-state index contributed by atoms with van der Waals surface area (Å²) in [6, 6.07) is 14.5. The Morgan fingerprint density at radius 1 is 1.00 bits per heavy atom. The van der Waals surface area contributed by atoms with Gasteiger partial charge in [0.25, 0.3) is 0 Å². The van der Waals surface area contributed by atoms with Crippen LogP contribution in [0.15, 0.2) is 47.4 Å². The average molecular weight is 272 g/mol. The van der Waals surface area contributed by atoms with Crippen molar-refractivity contribution in [3.63, 3.8) is 0 Å². The van der Waals surface area contributed by atoms with Crippen LogP contribution in [0.5, 0.6) is 11.5 Å². The fourth-order valence-corrected chi connectivity index (χ4v) is 2.44. The van der Waals surface area contributed by atoms with Gasteiger partial charge in [0.05, 0.1) is 0 Å². The first-order valence-electron chi connectivity index (χ1n) is 6.64. The molecule has 19 heavy (non-hydrogen) atoms. The Kier molecular flexibility index (Phi) is 4.92.